The van der Waals surface area contributed by atoms with Crippen LogP contribution in [0.15, 0.2) is 48.3 Å². The van der Waals surface area contributed by atoms with Gasteiger partial charge in [-0.15, -0.1) is 0 Å². The fourth-order valence-corrected chi connectivity index (χ4v) is 4.45. The van der Waals surface area contributed by atoms with Crippen molar-refractivity contribution in [2.45, 2.75) is 32.6 Å². The molecule has 6 nitrogen and oxygen atoms in total. The van der Waals surface area contributed by atoms with Crippen LogP contribution in [-0.2, 0) is 20.9 Å². The van der Waals surface area contributed by atoms with Crippen LogP contribution in [0.25, 0.3) is 5.57 Å². The summed E-state index contributed by atoms with van der Waals surface area (Å²) in [5.74, 6) is -0.746. The summed E-state index contributed by atoms with van der Waals surface area (Å²) < 4.78 is 5.81. The van der Waals surface area contributed by atoms with Crippen LogP contribution in [0.1, 0.15) is 25.1 Å². The lowest BCUT2D eigenvalue weighted by Gasteiger charge is -2.37. The second-order valence-electron chi connectivity index (χ2n) is 7.53. The van der Waals surface area contributed by atoms with Gasteiger partial charge in [0.1, 0.15) is 5.70 Å². The molecule has 0 radical (unpaired) electrons. The number of aromatic nitrogens is 1. The van der Waals surface area contributed by atoms with Crippen LogP contribution in [0.2, 0.25) is 10.0 Å². The van der Waals surface area contributed by atoms with Crippen molar-refractivity contribution in [3.8, 4) is 0 Å². The third kappa shape index (κ3) is 3.95. The molecule has 1 fully saturated rings. The first-order valence-electron chi connectivity index (χ1n) is 9.71. The first-order valence-corrected chi connectivity index (χ1v) is 10.5. The SMILES string of the molecule is CC1CN(C2=C(c3ccc(Cl)cc3Cl)C(=O)N(Cc3ccccn3)C2=O)CC(C)O1. The highest BCUT2D eigenvalue weighted by atomic mass is 35.5. The molecule has 4 rings (SSSR count). The summed E-state index contributed by atoms with van der Waals surface area (Å²) in [5, 5.41) is 0.784. The molecule has 1 saturated heterocycles. The Hall–Kier alpha value is -2.41. The number of morpholine rings is 1. The van der Waals surface area contributed by atoms with E-state index in [1.165, 1.54) is 4.90 Å². The minimum Gasteiger partial charge on any atom is -0.372 e. The molecule has 156 valence electrons. The Kier molecular flexibility index (Phi) is 5.82. The highest BCUT2D eigenvalue weighted by molar-refractivity contribution is 6.41. The molecule has 2 aliphatic rings. The van der Waals surface area contributed by atoms with Crippen LogP contribution in [0.5, 0.6) is 0 Å². The smallest absolute Gasteiger partial charge is 0.278 e. The van der Waals surface area contributed by atoms with Gasteiger partial charge in [-0.3, -0.25) is 19.5 Å². The van der Waals surface area contributed by atoms with Crippen LogP contribution >= 0.6 is 23.2 Å². The van der Waals surface area contributed by atoms with Crippen molar-refractivity contribution < 1.29 is 14.3 Å². The molecule has 3 heterocycles. The van der Waals surface area contributed by atoms with E-state index >= 15 is 0 Å². The van der Waals surface area contributed by atoms with Gasteiger partial charge in [0.2, 0.25) is 0 Å². The summed E-state index contributed by atoms with van der Waals surface area (Å²) in [4.78, 5) is 34.3. The maximum absolute atomic E-state index is 13.5. The zero-order valence-electron chi connectivity index (χ0n) is 16.6. The maximum Gasteiger partial charge on any atom is 0.278 e. The summed E-state index contributed by atoms with van der Waals surface area (Å²) in [6.07, 6.45) is 1.49. The molecule has 0 aliphatic carbocycles. The van der Waals surface area contributed by atoms with Gasteiger partial charge in [-0.05, 0) is 38.1 Å². The molecule has 2 atom stereocenters. The van der Waals surface area contributed by atoms with Crippen molar-refractivity contribution in [3.63, 3.8) is 0 Å². The van der Waals surface area contributed by atoms with E-state index in [1.807, 2.05) is 24.8 Å². The Morgan fingerprint density at radius 2 is 1.80 bits per heavy atom. The minimum atomic E-state index is -0.392. The predicted octanol–water partition coefficient (Wildman–Crippen LogP) is 3.78. The number of hydrogen-bond donors (Lipinski definition) is 0. The fourth-order valence-electron chi connectivity index (χ4n) is 3.95. The van der Waals surface area contributed by atoms with Gasteiger partial charge in [-0.1, -0.05) is 35.3 Å². The zero-order valence-corrected chi connectivity index (χ0v) is 18.2. The normalized spacial score (nSPS) is 22.3. The Bertz CT molecular complexity index is 1020. The number of imide groups is 1. The molecule has 2 unspecified atom stereocenters. The lowest BCUT2D eigenvalue weighted by molar-refractivity contribution is -0.139. The topological polar surface area (TPSA) is 62.7 Å². The predicted molar refractivity (Wildman–Crippen MR) is 115 cm³/mol. The van der Waals surface area contributed by atoms with Gasteiger partial charge in [-0.25, -0.2) is 0 Å². The van der Waals surface area contributed by atoms with E-state index in [9.17, 15) is 9.59 Å². The lowest BCUT2D eigenvalue weighted by Crippen LogP contribution is -2.46. The summed E-state index contributed by atoms with van der Waals surface area (Å²) in [6, 6.07) is 10.3. The van der Waals surface area contributed by atoms with Gasteiger partial charge in [-0.2, -0.15) is 0 Å². The van der Waals surface area contributed by atoms with Gasteiger partial charge in [0, 0.05) is 29.9 Å². The first-order chi connectivity index (χ1) is 14.3. The molecular weight excluding hydrogens is 425 g/mol. The molecular formula is C22H21Cl2N3O3. The first kappa shape index (κ1) is 20.8. The molecule has 2 aromatic rings. The molecule has 2 aliphatic heterocycles. The van der Waals surface area contributed by atoms with E-state index < -0.39 is 5.91 Å². The molecule has 1 aromatic carbocycles. The van der Waals surface area contributed by atoms with Gasteiger partial charge >= 0.3 is 0 Å². The Morgan fingerprint density at radius 3 is 2.43 bits per heavy atom. The van der Waals surface area contributed by atoms with Crippen LogP contribution in [0, 0.1) is 0 Å². The van der Waals surface area contributed by atoms with Crippen molar-refractivity contribution in [1.82, 2.24) is 14.8 Å². The van der Waals surface area contributed by atoms with Crippen LogP contribution in [-0.4, -0.2) is 51.9 Å². The van der Waals surface area contributed by atoms with Crippen molar-refractivity contribution >= 4 is 40.6 Å². The number of carbonyl (C=O) groups excluding carboxylic acids is 2. The number of amides is 2. The minimum absolute atomic E-state index is 0.0732. The standard InChI is InChI=1S/C22H21Cl2N3O3/c1-13-10-26(11-14(2)30-13)20-19(17-7-6-15(23)9-18(17)24)21(28)27(22(20)29)12-16-5-3-4-8-25-16/h3-9,13-14H,10-12H2,1-2H3. The maximum atomic E-state index is 13.5. The summed E-state index contributed by atoms with van der Waals surface area (Å²) >= 11 is 12.5. The monoisotopic (exact) mass is 445 g/mol. The second-order valence-corrected chi connectivity index (χ2v) is 8.37. The molecule has 30 heavy (non-hydrogen) atoms. The average molecular weight is 446 g/mol. The molecule has 8 heteroatoms. The van der Waals surface area contributed by atoms with E-state index in [1.54, 1.807) is 36.5 Å². The highest BCUT2D eigenvalue weighted by Gasteiger charge is 2.43. The quantitative estimate of drug-likeness (QED) is 0.670. The van der Waals surface area contributed by atoms with E-state index in [2.05, 4.69) is 4.98 Å². The number of nitrogens with zero attached hydrogens (tertiary/aromatic N) is 3. The molecule has 0 saturated carbocycles. The number of rotatable bonds is 4. The number of benzene rings is 1. The third-order valence-electron chi connectivity index (χ3n) is 5.13. The number of pyridine rings is 1. The average Bonchev–Trinajstić information content (AvgIpc) is 2.93. The van der Waals surface area contributed by atoms with Gasteiger partial charge in [0.05, 0.1) is 35.0 Å². The van der Waals surface area contributed by atoms with Crippen LogP contribution < -0.4 is 0 Å². The van der Waals surface area contributed by atoms with Crippen LogP contribution in [0.3, 0.4) is 0 Å². The number of hydrogen-bond acceptors (Lipinski definition) is 5. The fraction of sp³-hybridized carbons (Fsp3) is 0.318. The largest absolute Gasteiger partial charge is 0.372 e. The molecule has 2 amide bonds. The van der Waals surface area contributed by atoms with Crippen molar-refractivity contribution in [2.75, 3.05) is 13.1 Å². The summed E-state index contributed by atoms with van der Waals surface area (Å²) in [7, 11) is 0. The van der Waals surface area contributed by atoms with Crippen molar-refractivity contribution in [3.05, 3.63) is 69.6 Å². The lowest BCUT2D eigenvalue weighted by atomic mass is 10.0. The Balaban J connectivity index is 1.79. The number of halogens is 2. The van der Waals surface area contributed by atoms with Crippen molar-refractivity contribution in [2.24, 2.45) is 0 Å². The van der Waals surface area contributed by atoms with E-state index in [4.69, 9.17) is 27.9 Å². The van der Waals surface area contributed by atoms with E-state index in [0.717, 1.165) is 0 Å². The molecule has 1 aromatic heterocycles. The summed E-state index contributed by atoms with van der Waals surface area (Å²) in [6.45, 7) is 5.00. The third-order valence-corrected chi connectivity index (χ3v) is 5.67. The number of carbonyl (C=O) groups is 2. The van der Waals surface area contributed by atoms with E-state index in [0.29, 0.717) is 45.7 Å². The summed E-state index contributed by atoms with van der Waals surface area (Å²) in [5.41, 5.74) is 1.76. The Labute approximate surface area is 185 Å². The van der Waals surface area contributed by atoms with Gasteiger partial charge in [0.15, 0.2) is 0 Å². The molecule has 0 N–H and O–H groups in total. The second kappa shape index (κ2) is 8.38. The van der Waals surface area contributed by atoms with E-state index in [-0.39, 0.29) is 24.7 Å². The van der Waals surface area contributed by atoms with Gasteiger partial charge in [0.25, 0.3) is 11.8 Å². The highest BCUT2D eigenvalue weighted by Crippen LogP contribution is 2.37. The Morgan fingerprint density at radius 1 is 1.07 bits per heavy atom. The number of ether oxygens (including phenoxy) is 1. The molecule has 0 spiro atoms. The van der Waals surface area contributed by atoms with Crippen LogP contribution in [0.4, 0.5) is 0 Å². The van der Waals surface area contributed by atoms with Crippen molar-refractivity contribution in [1.29, 1.82) is 0 Å². The molecule has 0 bridgehead atoms. The zero-order chi connectivity index (χ0) is 21.4. The van der Waals surface area contributed by atoms with Gasteiger partial charge < -0.3 is 9.64 Å².